The highest BCUT2D eigenvalue weighted by molar-refractivity contribution is 9.10. The maximum absolute atomic E-state index is 4.39. The van der Waals surface area contributed by atoms with Crippen LogP contribution in [0.25, 0.3) is 0 Å². The number of pyridine rings is 1. The standard InChI is InChI=1S/C14H23BrN2/c1-11(9-17-14(2,3)4)5-7-13-8-6-12(15)10-16-13/h6,8,10-11,17H,5,7,9H2,1-4H3. The van der Waals surface area contributed by atoms with Gasteiger partial charge in [0.2, 0.25) is 0 Å². The topological polar surface area (TPSA) is 24.9 Å². The van der Waals surface area contributed by atoms with Gasteiger partial charge in [-0.05, 0) is 74.1 Å². The van der Waals surface area contributed by atoms with Gasteiger partial charge in [0.25, 0.3) is 0 Å². The summed E-state index contributed by atoms with van der Waals surface area (Å²) in [5, 5.41) is 3.54. The second kappa shape index (κ2) is 6.50. The summed E-state index contributed by atoms with van der Waals surface area (Å²) in [6.45, 7) is 9.97. The normalized spacial score (nSPS) is 13.7. The van der Waals surface area contributed by atoms with Crippen molar-refractivity contribution in [2.24, 2.45) is 5.92 Å². The molecule has 1 heterocycles. The second-order valence-electron chi connectivity index (χ2n) is 5.74. The molecule has 1 atom stereocenters. The SMILES string of the molecule is CC(CCc1ccc(Br)cn1)CNC(C)(C)C. The maximum atomic E-state index is 4.39. The van der Waals surface area contributed by atoms with Crippen molar-refractivity contribution < 1.29 is 0 Å². The molecule has 96 valence electrons. The largest absolute Gasteiger partial charge is 0.312 e. The number of halogens is 1. The van der Waals surface area contributed by atoms with Gasteiger partial charge < -0.3 is 5.32 Å². The van der Waals surface area contributed by atoms with Crippen molar-refractivity contribution in [1.29, 1.82) is 0 Å². The van der Waals surface area contributed by atoms with Gasteiger partial charge in [-0.2, -0.15) is 0 Å². The lowest BCUT2D eigenvalue weighted by Gasteiger charge is -2.23. The first-order valence-electron chi connectivity index (χ1n) is 6.22. The first-order chi connectivity index (χ1) is 7.87. The van der Waals surface area contributed by atoms with Crippen LogP contribution in [0.2, 0.25) is 0 Å². The van der Waals surface area contributed by atoms with Gasteiger partial charge in [0.15, 0.2) is 0 Å². The zero-order valence-corrected chi connectivity index (χ0v) is 12.8. The molecule has 0 saturated carbocycles. The number of aromatic nitrogens is 1. The number of nitrogens with zero attached hydrogens (tertiary/aromatic N) is 1. The van der Waals surface area contributed by atoms with Crippen molar-refractivity contribution in [3.05, 3.63) is 28.5 Å². The molecule has 2 nitrogen and oxygen atoms in total. The molecule has 3 heteroatoms. The molecule has 1 unspecified atom stereocenters. The molecular formula is C14H23BrN2. The monoisotopic (exact) mass is 298 g/mol. The Hall–Kier alpha value is -0.410. The van der Waals surface area contributed by atoms with Crippen LogP contribution in [0.5, 0.6) is 0 Å². The third kappa shape index (κ3) is 6.79. The van der Waals surface area contributed by atoms with Crippen LogP contribution in [-0.4, -0.2) is 17.1 Å². The van der Waals surface area contributed by atoms with E-state index in [2.05, 4.69) is 66.1 Å². The Kier molecular flexibility index (Phi) is 5.60. The Morgan fingerprint density at radius 3 is 2.59 bits per heavy atom. The van der Waals surface area contributed by atoms with Crippen LogP contribution in [-0.2, 0) is 6.42 Å². The molecule has 0 aliphatic heterocycles. The van der Waals surface area contributed by atoms with E-state index in [1.807, 2.05) is 6.20 Å². The van der Waals surface area contributed by atoms with Gasteiger partial charge in [-0.15, -0.1) is 0 Å². The summed E-state index contributed by atoms with van der Waals surface area (Å²) < 4.78 is 1.05. The summed E-state index contributed by atoms with van der Waals surface area (Å²) in [6, 6.07) is 4.15. The molecule has 0 bridgehead atoms. The van der Waals surface area contributed by atoms with Crippen molar-refractivity contribution in [2.75, 3.05) is 6.54 Å². The molecule has 0 fully saturated rings. The fraction of sp³-hybridized carbons (Fsp3) is 0.643. The van der Waals surface area contributed by atoms with E-state index in [0.717, 1.165) is 17.4 Å². The van der Waals surface area contributed by atoms with Gasteiger partial charge in [0.05, 0.1) is 0 Å². The van der Waals surface area contributed by atoms with Gasteiger partial charge in [0.1, 0.15) is 0 Å². The van der Waals surface area contributed by atoms with Crippen molar-refractivity contribution >= 4 is 15.9 Å². The highest BCUT2D eigenvalue weighted by Crippen LogP contribution is 2.12. The van der Waals surface area contributed by atoms with Crippen LogP contribution < -0.4 is 5.32 Å². The van der Waals surface area contributed by atoms with Crippen LogP contribution in [0, 0.1) is 5.92 Å². The molecular weight excluding hydrogens is 276 g/mol. The van der Waals surface area contributed by atoms with Gasteiger partial charge >= 0.3 is 0 Å². The van der Waals surface area contributed by atoms with Crippen LogP contribution in [0.3, 0.4) is 0 Å². The average molecular weight is 299 g/mol. The minimum absolute atomic E-state index is 0.212. The van der Waals surface area contributed by atoms with Crippen molar-refractivity contribution in [2.45, 2.75) is 46.1 Å². The molecule has 1 aromatic heterocycles. The van der Waals surface area contributed by atoms with E-state index in [9.17, 15) is 0 Å². The summed E-state index contributed by atoms with van der Waals surface area (Å²) in [6.07, 6.45) is 4.10. The summed E-state index contributed by atoms with van der Waals surface area (Å²) in [7, 11) is 0. The highest BCUT2D eigenvalue weighted by Gasteiger charge is 2.11. The lowest BCUT2D eigenvalue weighted by atomic mass is 10.0. The van der Waals surface area contributed by atoms with Gasteiger partial charge in [-0.1, -0.05) is 6.92 Å². The average Bonchev–Trinajstić information content (AvgIpc) is 2.25. The molecule has 0 aliphatic rings. The molecule has 1 rings (SSSR count). The summed E-state index contributed by atoms with van der Waals surface area (Å²) in [5.74, 6) is 0.680. The summed E-state index contributed by atoms with van der Waals surface area (Å²) in [4.78, 5) is 4.39. The second-order valence-corrected chi connectivity index (χ2v) is 6.66. The van der Waals surface area contributed by atoms with Crippen LogP contribution in [0.4, 0.5) is 0 Å². The third-order valence-electron chi connectivity index (χ3n) is 2.66. The molecule has 0 spiro atoms. The number of aryl methyl sites for hydroxylation is 1. The Morgan fingerprint density at radius 2 is 2.06 bits per heavy atom. The van der Waals surface area contributed by atoms with E-state index < -0.39 is 0 Å². The molecule has 17 heavy (non-hydrogen) atoms. The van der Waals surface area contributed by atoms with E-state index in [4.69, 9.17) is 0 Å². The van der Waals surface area contributed by atoms with Crippen molar-refractivity contribution in [3.8, 4) is 0 Å². The van der Waals surface area contributed by atoms with Gasteiger partial charge in [0, 0.05) is 21.9 Å². The minimum atomic E-state index is 0.212. The molecule has 1 aromatic rings. The quantitative estimate of drug-likeness (QED) is 0.894. The van der Waals surface area contributed by atoms with E-state index in [1.54, 1.807) is 0 Å². The highest BCUT2D eigenvalue weighted by atomic mass is 79.9. The van der Waals surface area contributed by atoms with Crippen LogP contribution >= 0.6 is 15.9 Å². The summed E-state index contributed by atoms with van der Waals surface area (Å²) in [5.41, 5.74) is 1.39. The Bertz CT molecular complexity index is 327. The molecule has 0 radical (unpaired) electrons. The minimum Gasteiger partial charge on any atom is -0.312 e. The third-order valence-corrected chi connectivity index (χ3v) is 3.13. The molecule has 0 aliphatic carbocycles. The Labute approximate surface area is 113 Å². The molecule has 0 aromatic carbocycles. The fourth-order valence-corrected chi connectivity index (χ4v) is 1.77. The Balaban J connectivity index is 2.28. The first kappa shape index (κ1) is 14.7. The first-order valence-corrected chi connectivity index (χ1v) is 7.01. The zero-order chi connectivity index (χ0) is 12.9. The number of hydrogen-bond donors (Lipinski definition) is 1. The van der Waals surface area contributed by atoms with Crippen LogP contribution in [0.15, 0.2) is 22.8 Å². The zero-order valence-electron chi connectivity index (χ0n) is 11.3. The van der Waals surface area contributed by atoms with Crippen molar-refractivity contribution in [1.82, 2.24) is 10.3 Å². The van der Waals surface area contributed by atoms with Gasteiger partial charge in [-0.3, -0.25) is 4.98 Å². The van der Waals surface area contributed by atoms with E-state index in [1.165, 1.54) is 12.1 Å². The van der Waals surface area contributed by atoms with Crippen molar-refractivity contribution in [3.63, 3.8) is 0 Å². The number of nitrogens with one attached hydrogen (secondary N) is 1. The predicted octanol–water partition coefficient (Wildman–Crippen LogP) is 3.80. The molecule has 0 saturated heterocycles. The van der Waals surface area contributed by atoms with Gasteiger partial charge in [-0.25, -0.2) is 0 Å². The molecule has 0 amide bonds. The lowest BCUT2D eigenvalue weighted by Crippen LogP contribution is -2.38. The maximum Gasteiger partial charge on any atom is 0.0413 e. The number of rotatable bonds is 5. The molecule has 1 N–H and O–H groups in total. The smallest absolute Gasteiger partial charge is 0.0413 e. The lowest BCUT2D eigenvalue weighted by molar-refractivity contribution is 0.372. The predicted molar refractivity (Wildman–Crippen MR) is 77.2 cm³/mol. The van der Waals surface area contributed by atoms with E-state index >= 15 is 0 Å². The van der Waals surface area contributed by atoms with E-state index in [-0.39, 0.29) is 5.54 Å². The van der Waals surface area contributed by atoms with E-state index in [0.29, 0.717) is 5.92 Å². The van der Waals surface area contributed by atoms with Crippen LogP contribution in [0.1, 0.15) is 39.8 Å². The fourth-order valence-electron chi connectivity index (χ4n) is 1.53. The summed E-state index contributed by atoms with van der Waals surface area (Å²) >= 11 is 3.40. The number of hydrogen-bond acceptors (Lipinski definition) is 2. The Morgan fingerprint density at radius 1 is 1.35 bits per heavy atom.